The van der Waals surface area contributed by atoms with Gasteiger partial charge in [0.05, 0.1) is 22.1 Å². The summed E-state index contributed by atoms with van der Waals surface area (Å²) in [6, 6.07) is 63.0. The van der Waals surface area contributed by atoms with Gasteiger partial charge in [0.2, 0.25) is 5.95 Å². The topological polar surface area (TPSA) is 48.5 Å². The van der Waals surface area contributed by atoms with Crippen LogP contribution in [0.3, 0.4) is 0 Å². The standard InChI is InChI=1S/C51H29N5S2/c1-2-12-32(13-3-1)55-41-19-9-5-17-37(41)47-42(55)25-24-36-33-14-4-8-18-40(33)56(48(36)47)51-53-49(30-22-26-45-38(28-30)34-15-6-10-20-43(34)57-45)52-50(54-51)31-23-27-46-39(29-31)35-16-7-11-21-44(35)58-46/h1-29H. The van der Waals surface area contributed by atoms with E-state index in [0.29, 0.717) is 17.6 Å². The van der Waals surface area contributed by atoms with Gasteiger partial charge in [-0.2, -0.15) is 9.97 Å². The first-order valence-electron chi connectivity index (χ1n) is 19.4. The highest BCUT2D eigenvalue weighted by molar-refractivity contribution is 7.26. The Morgan fingerprint density at radius 1 is 0.345 bits per heavy atom. The molecule has 0 unspecified atom stereocenters. The van der Waals surface area contributed by atoms with E-state index in [0.717, 1.165) is 55.0 Å². The first-order chi connectivity index (χ1) is 28.7. The molecule has 0 atom stereocenters. The second kappa shape index (κ2) is 12.2. The average Bonchev–Trinajstić information content (AvgIpc) is 4.03. The molecule has 0 amide bonds. The van der Waals surface area contributed by atoms with E-state index in [1.165, 1.54) is 45.7 Å². The Balaban J connectivity index is 1.15. The van der Waals surface area contributed by atoms with Crippen molar-refractivity contribution in [2.24, 2.45) is 0 Å². The molecule has 0 spiro atoms. The predicted octanol–water partition coefficient (Wildman–Crippen LogP) is 14.1. The van der Waals surface area contributed by atoms with Crippen LogP contribution in [0.2, 0.25) is 0 Å². The number of nitrogens with zero attached hydrogens (tertiary/aromatic N) is 5. The Labute approximate surface area is 339 Å². The van der Waals surface area contributed by atoms with Crippen molar-refractivity contribution in [2.45, 2.75) is 0 Å². The fraction of sp³-hybridized carbons (Fsp3) is 0. The lowest BCUT2D eigenvalue weighted by Gasteiger charge is -2.12. The van der Waals surface area contributed by atoms with E-state index >= 15 is 0 Å². The highest BCUT2D eigenvalue weighted by Gasteiger charge is 2.23. The van der Waals surface area contributed by atoms with Crippen LogP contribution in [0.4, 0.5) is 0 Å². The van der Waals surface area contributed by atoms with E-state index < -0.39 is 0 Å². The molecule has 0 saturated heterocycles. The van der Waals surface area contributed by atoms with Gasteiger partial charge in [-0.3, -0.25) is 4.57 Å². The van der Waals surface area contributed by atoms with Crippen molar-refractivity contribution in [3.8, 4) is 34.4 Å². The van der Waals surface area contributed by atoms with Crippen LogP contribution < -0.4 is 0 Å². The maximum absolute atomic E-state index is 5.44. The summed E-state index contributed by atoms with van der Waals surface area (Å²) in [6.07, 6.45) is 0. The van der Waals surface area contributed by atoms with E-state index in [1.54, 1.807) is 0 Å². The maximum Gasteiger partial charge on any atom is 0.238 e. The van der Waals surface area contributed by atoms with Crippen LogP contribution >= 0.6 is 22.7 Å². The molecule has 0 N–H and O–H groups in total. The van der Waals surface area contributed by atoms with Gasteiger partial charge in [-0.25, -0.2) is 4.98 Å². The van der Waals surface area contributed by atoms with Gasteiger partial charge < -0.3 is 4.57 Å². The Bertz CT molecular complexity index is 3680. The van der Waals surface area contributed by atoms with Crippen LogP contribution in [-0.4, -0.2) is 24.1 Å². The van der Waals surface area contributed by atoms with Crippen LogP contribution in [0.15, 0.2) is 176 Å². The summed E-state index contributed by atoms with van der Waals surface area (Å²) < 4.78 is 9.68. The zero-order valence-corrected chi connectivity index (χ0v) is 32.4. The third kappa shape index (κ3) is 4.60. The molecule has 13 aromatic rings. The highest BCUT2D eigenvalue weighted by Crippen LogP contribution is 2.43. The summed E-state index contributed by atoms with van der Waals surface area (Å²) in [5, 5.41) is 9.54. The highest BCUT2D eigenvalue weighted by atomic mass is 32.1. The first-order valence-corrected chi connectivity index (χ1v) is 21.0. The van der Waals surface area contributed by atoms with E-state index in [4.69, 9.17) is 15.0 Å². The number of fused-ring (bicyclic) bond motifs is 13. The van der Waals surface area contributed by atoms with E-state index in [-0.39, 0.29) is 0 Å². The third-order valence-electron chi connectivity index (χ3n) is 11.6. The molecule has 5 nitrogen and oxygen atoms in total. The molecule has 0 aliphatic heterocycles. The van der Waals surface area contributed by atoms with Crippen molar-refractivity contribution in [1.29, 1.82) is 0 Å². The molecule has 0 bridgehead atoms. The number of hydrogen-bond acceptors (Lipinski definition) is 5. The van der Waals surface area contributed by atoms with Crippen molar-refractivity contribution >= 4 is 107 Å². The van der Waals surface area contributed by atoms with Crippen molar-refractivity contribution in [2.75, 3.05) is 0 Å². The maximum atomic E-state index is 5.44. The molecular weight excluding hydrogens is 747 g/mol. The molecular formula is C51H29N5S2. The van der Waals surface area contributed by atoms with Crippen LogP contribution in [-0.2, 0) is 0 Å². The molecule has 0 aliphatic rings. The smallest absolute Gasteiger partial charge is 0.238 e. The number of hydrogen-bond donors (Lipinski definition) is 0. The molecule has 5 heterocycles. The minimum absolute atomic E-state index is 0.584. The van der Waals surface area contributed by atoms with E-state index in [9.17, 15) is 0 Å². The fourth-order valence-electron chi connectivity index (χ4n) is 9.02. The van der Waals surface area contributed by atoms with E-state index in [2.05, 4.69) is 185 Å². The van der Waals surface area contributed by atoms with Crippen molar-refractivity contribution in [3.05, 3.63) is 176 Å². The van der Waals surface area contributed by atoms with Crippen molar-refractivity contribution < 1.29 is 0 Å². The molecule has 0 saturated carbocycles. The molecule has 13 rings (SSSR count). The summed E-state index contributed by atoms with van der Waals surface area (Å²) in [4.78, 5) is 16.2. The largest absolute Gasteiger partial charge is 0.309 e. The lowest BCUT2D eigenvalue weighted by Crippen LogP contribution is -2.06. The lowest BCUT2D eigenvalue weighted by molar-refractivity contribution is 0.955. The fourth-order valence-corrected chi connectivity index (χ4v) is 11.2. The lowest BCUT2D eigenvalue weighted by atomic mass is 10.1. The summed E-state index contributed by atoms with van der Waals surface area (Å²) in [6.45, 7) is 0. The average molecular weight is 776 g/mol. The van der Waals surface area contributed by atoms with Gasteiger partial charge in [0.25, 0.3) is 0 Å². The number of thiophene rings is 2. The Morgan fingerprint density at radius 2 is 0.862 bits per heavy atom. The number of rotatable bonds is 4. The summed E-state index contributed by atoms with van der Waals surface area (Å²) >= 11 is 3.63. The molecule has 270 valence electrons. The second-order valence-electron chi connectivity index (χ2n) is 14.8. The van der Waals surface area contributed by atoms with Gasteiger partial charge in [-0.1, -0.05) is 97.1 Å². The monoisotopic (exact) mass is 775 g/mol. The Morgan fingerprint density at radius 3 is 1.50 bits per heavy atom. The van der Waals surface area contributed by atoms with Crippen LogP contribution in [0.25, 0.3) is 118 Å². The van der Waals surface area contributed by atoms with Gasteiger partial charge in [0.1, 0.15) is 0 Å². The van der Waals surface area contributed by atoms with Crippen LogP contribution in [0.1, 0.15) is 0 Å². The number of aromatic nitrogens is 5. The predicted molar refractivity (Wildman–Crippen MR) is 245 cm³/mol. The molecule has 8 aromatic carbocycles. The molecule has 0 aliphatic carbocycles. The summed E-state index contributed by atoms with van der Waals surface area (Å²) in [5.74, 6) is 1.86. The minimum atomic E-state index is 0.584. The quantitative estimate of drug-likeness (QED) is 0.179. The summed E-state index contributed by atoms with van der Waals surface area (Å²) in [7, 11) is 0. The molecule has 7 heteroatoms. The normalized spacial score (nSPS) is 12.1. The van der Waals surface area contributed by atoms with Gasteiger partial charge in [0.15, 0.2) is 11.6 Å². The van der Waals surface area contributed by atoms with Gasteiger partial charge in [-0.05, 0) is 78.9 Å². The zero-order chi connectivity index (χ0) is 37.9. The third-order valence-corrected chi connectivity index (χ3v) is 13.9. The van der Waals surface area contributed by atoms with Crippen LogP contribution in [0.5, 0.6) is 0 Å². The van der Waals surface area contributed by atoms with E-state index in [1.807, 2.05) is 22.7 Å². The Hall–Kier alpha value is -7.19. The first kappa shape index (κ1) is 32.0. The van der Waals surface area contributed by atoms with Gasteiger partial charge >= 0.3 is 0 Å². The number of para-hydroxylation sites is 3. The SMILES string of the molecule is c1ccc(-n2c3ccccc3c3c2ccc2c4ccccc4n(-c4nc(-c5ccc6sc7ccccc7c6c5)nc(-c5ccc6sc7ccccc7c6c5)n4)c23)cc1. The molecule has 0 radical (unpaired) electrons. The molecule has 58 heavy (non-hydrogen) atoms. The van der Waals surface area contributed by atoms with Gasteiger partial charge in [-0.15, -0.1) is 22.7 Å². The van der Waals surface area contributed by atoms with Gasteiger partial charge in [0, 0.05) is 78.7 Å². The number of benzene rings is 8. The van der Waals surface area contributed by atoms with Crippen molar-refractivity contribution in [1.82, 2.24) is 24.1 Å². The molecule has 5 aromatic heterocycles. The zero-order valence-electron chi connectivity index (χ0n) is 30.8. The minimum Gasteiger partial charge on any atom is -0.309 e. The summed E-state index contributed by atoms with van der Waals surface area (Å²) in [5.41, 5.74) is 7.42. The Kier molecular flexibility index (Phi) is 6.70. The molecule has 0 fully saturated rings. The second-order valence-corrected chi connectivity index (χ2v) is 17.0. The van der Waals surface area contributed by atoms with Crippen LogP contribution in [0, 0.1) is 0 Å². The van der Waals surface area contributed by atoms with Crippen molar-refractivity contribution in [3.63, 3.8) is 0 Å².